The quantitative estimate of drug-likeness (QED) is 0.526. The summed E-state index contributed by atoms with van der Waals surface area (Å²) in [4.78, 5) is 14.2. The number of rotatable bonds is 4. The van der Waals surface area contributed by atoms with Gasteiger partial charge in [-0.1, -0.05) is 17.8 Å². The zero-order chi connectivity index (χ0) is 15.8. The van der Waals surface area contributed by atoms with Crippen LogP contribution in [0.15, 0.2) is 39.3 Å². The Hall–Kier alpha value is -2.19. The van der Waals surface area contributed by atoms with Crippen molar-refractivity contribution in [2.75, 3.05) is 0 Å². The van der Waals surface area contributed by atoms with Crippen molar-refractivity contribution < 1.29 is 4.42 Å². The maximum atomic E-state index is 5.77. The van der Waals surface area contributed by atoms with Gasteiger partial charge in [0.1, 0.15) is 0 Å². The van der Waals surface area contributed by atoms with Crippen molar-refractivity contribution >= 4 is 28.9 Å². The molecule has 4 aromatic heterocycles. The summed E-state index contributed by atoms with van der Waals surface area (Å²) in [5.41, 5.74) is 1.95. The Balaban J connectivity index is 1.52. The van der Waals surface area contributed by atoms with Crippen LogP contribution in [0.25, 0.3) is 16.4 Å². The predicted molar refractivity (Wildman–Crippen MR) is 89.6 cm³/mol. The van der Waals surface area contributed by atoms with E-state index in [9.17, 15) is 0 Å². The SMILES string of the molecule is Cc1cc(C)n2nc(SCc3ncc(-c4cccs4)o3)nc2n1. The molecule has 6 nitrogen and oxygen atoms in total. The monoisotopic (exact) mass is 343 g/mol. The second kappa shape index (κ2) is 5.78. The van der Waals surface area contributed by atoms with Gasteiger partial charge in [-0.2, -0.15) is 4.98 Å². The third-order valence-electron chi connectivity index (χ3n) is 3.24. The number of hydrogen-bond donors (Lipinski definition) is 0. The number of nitrogens with zero attached hydrogens (tertiary/aromatic N) is 5. The van der Waals surface area contributed by atoms with Gasteiger partial charge in [0.05, 0.1) is 16.8 Å². The first-order valence-electron chi connectivity index (χ1n) is 7.01. The standard InChI is InChI=1S/C15H13N5OS2/c1-9-6-10(2)20-14(17-9)18-15(19-20)23-8-13-16-7-11(21-13)12-4-3-5-22-12/h3-7H,8H2,1-2H3. The fourth-order valence-corrected chi connectivity index (χ4v) is 3.59. The van der Waals surface area contributed by atoms with Crippen LogP contribution in [0.5, 0.6) is 0 Å². The Morgan fingerprint density at radius 1 is 1.30 bits per heavy atom. The highest BCUT2D eigenvalue weighted by Gasteiger charge is 2.11. The number of thiophene rings is 1. The molecule has 4 heterocycles. The molecule has 0 saturated carbocycles. The van der Waals surface area contributed by atoms with Crippen molar-refractivity contribution in [1.29, 1.82) is 0 Å². The average molecular weight is 343 g/mol. The van der Waals surface area contributed by atoms with E-state index in [2.05, 4.69) is 20.1 Å². The molecule has 0 aromatic carbocycles. The van der Waals surface area contributed by atoms with Gasteiger partial charge in [0.25, 0.3) is 5.78 Å². The highest BCUT2D eigenvalue weighted by atomic mass is 32.2. The van der Waals surface area contributed by atoms with Crippen LogP contribution in [0, 0.1) is 13.8 Å². The molecule has 0 fully saturated rings. The van der Waals surface area contributed by atoms with Crippen LogP contribution >= 0.6 is 23.1 Å². The van der Waals surface area contributed by atoms with Crippen LogP contribution in [-0.4, -0.2) is 24.6 Å². The normalized spacial score (nSPS) is 11.4. The predicted octanol–water partition coefficient (Wildman–Crippen LogP) is 3.75. The van der Waals surface area contributed by atoms with Crippen LogP contribution in [0.1, 0.15) is 17.3 Å². The molecule has 116 valence electrons. The van der Waals surface area contributed by atoms with Gasteiger partial charge in [0, 0.05) is 11.4 Å². The molecule has 0 unspecified atom stereocenters. The Bertz CT molecular complexity index is 958. The van der Waals surface area contributed by atoms with Crippen LogP contribution in [0.3, 0.4) is 0 Å². The van der Waals surface area contributed by atoms with Gasteiger partial charge in [-0.05, 0) is 31.4 Å². The molecule has 0 radical (unpaired) electrons. The van der Waals surface area contributed by atoms with Gasteiger partial charge < -0.3 is 4.42 Å². The molecular weight excluding hydrogens is 330 g/mol. The smallest absolute Gasteiger partial charge is 0.253 e. The molecular formula is C15H13N5OS2. The molecule has 23 heavy (non-hydrogen) atoms. The summed E-state index contributed by atoms with van der Waals surface area (Å²) in [6.45, 7) is 3.94. The van der Waals surface area contributed by atoms with Crippen LogP contribution in [0.4, 0.5) is 0 Å². The van der Waals surface area contributed by atoms with Crippen LogP contribution < -0.4 is 0 Å². The second-order valence-corrected chi connectivity index (χ2v) is 6.92. The first kappa shape index (κ1) is 14.4. The third-order valence-corrected chi connectivity index (χ3v) is 4.95. The van der Waals surface area contributed by atoms with E-state index in [-0.39, 0.29) is 0 Å². The maximum Gasteiger partial charge on any atom is 0.253 e. The van der Waals surface area contributed by atoms with Crippen molar-refractivity contribution in [3.63, 3.8) is 0 Å². The molecule has 0 bridgehead atoms. The third kappa shape index (κ3) is 2.87. The van der Waals surface area contributed by atoms with E-state index in [1.807, 2.05) is 37.4 Å². The van der Waals surface area contributed by atoms with Crippen molar-refractivity contribution in [3.8, 4) is 10.6 Å². The number of aromatic nitrogens is 5. The highest BCUT2D eigenvalue weighted by Crippen LogP contribution is 2.27. The Labute approximate surface area is 140 Å². The minimum atomic E-state index is 0.584. The summed E-state index contributed by atoms with van der Waals surface area (Å²) in [6, 6.07) is 5.99. The molecule has 0 saturated heterocycles. The van der Waals surface area contributed by atoms with Crippen LogP contribution in [-0.2, 0) is 5.75 Å². The Kier molecular flexibility index (Phi) is 3.62. The number of oxazole rings is 1. The maximum absolute atomic E-state index is 5.77. The Morgan fingerprint density at radius 2 is 2.22 bits per heavy atom. The summed E-state index contributed by atoms with van der Waals surface area (Å²) < 4.78 is 7.52. The van der Waals surface area contributed by atoms with Gasteiger partial charge in [0.2, 0.25) is 11.0 Å². The van der Waals surface area contributed by atoms with Crippen LogP contribution in [0.2, 0.25) is 0 Å². The van der Waals surface area contributed by atoms with E-state index in [0.717, 1.165) is 22.0 Å². The lowest BCUT2D eigenvalue weighted by molar-refractivity contribution is 0.531. The lowest BCUT2D eigenvalue weighted by Gasteiger charge is -1.97. The van der Waals surface area contributed by atoms with E-state index < -0.39 is 0 Å². The zero-order valence-electron chi connectivity index (χ0n) is 12.6. The minimum Gasteiger partial charge on any atom is -0.439 e. The summed E-state index contributed by atoms with van der Waals surface area (Å²) in [7, 11) is 0. The van der Waals surface area contributed by atoms with E-state index >= 15 is 0 Å². The molecule has 4 aromatic rings. The first-order valence-corrected chi connectivity index (χ1v) is 8.88. The number of hydrogen-bond acceptors (Lipinski definition) is 7. The van der Waals surface area contributed by atoms with Crippen molar-refractivity contribution in [2.24, 2.45) is 0 Å². The Morgan fingerprint density at radius 3 is 3.04 bits per heavy atom. The summed E-state index contributed by atoms with van der Waals surface area (Å²) >= 11 is 3.12. The molecule has 8 heteroatoms. The van der Waals surface area contributed by atoms with Gasteiger partial charge in [0.15, 0.2) is 5.76 Å². The number of aryl methyl sites for hydroxylation is 2. The lowest BCUT2D eigenvalue weighted by Crippen LogP contribution is -1.97. The molecule has 0 amide bonds. The minimum absolute atomic E-state index is 0.584. The molecule has 4 rings (SSSR count). The number of thioether (sulfide) groups is 1. The summed E-state index contributed by atoms with van der Waals surface area (Å²) in [6.07, 6.45) is 1.76. The first-order chi connectivity index (χ1) is 11.2. The molecule has 0 aliphatic rings. The zero-order valence-corrected chi connectivity index (χ0v) is 14.2. The van der Waals surface area contributed by atoms with E-state index in [0.29, 0.717) is 22.6 Å². The lowest BCUT2D eigenvalue weighted by atomic mass is 10.4. The molecule has 0 aliphatic carbocycles. The highest BCUT2D eigenvalue weighted by molar-refractivity contribution is 7.98. The van der Waals surface area contributed by atoms with Gasteiger partial charge >= 0.3 is 0 Å². The second-order valence-electron chi connectivity index (χ2n) is 5.03. The van der Waals surface area contributed by atoms with Gasteiger partial charge in [-0.15, -0.1) is 16.4 Å². The van der Waals surface area contributed by atoms with E-state index in [1.54, 1.807) is 22.0 Å². The fraction of sp³-hybridized carbons (Fsp3) is 0.200. The van der Waals surface area contributed by atoms with E-state index in [1.165, 1.54) is 11.8 Å². The average Bonchev–Trinajstić information content (AvgIpc) is 3.24. The van der Waals surface area contributed by atoms with Crippen molar-refractivity contribution in [3.05, 3.63) is 47.1 Å². The molecule has 0 aliphatic heterocycles. The van der Waals surface area contributed by atoms with Crippen molar-refractivity contribution in [2.45, 2.75) is 24.8 Å². The van der Waals surface area contributed by atoms with Crippen molar-refractivity contribution in [1.82, 2.24) is 24.6 Å². The van der Waals surface area contributed by atoms with E-state index in [4.69, 9.17) is 4.42 Å². The topological polar surface area (TPSA) is 69.1 Å². The molecule has 0 spiro atoms. The van der Waals surface area contributed by atoms with Gasteiger partial charge in [-0.25, -0.2) is 14.5 Å². The molecule has 0 atom stereocenters. The number of fused-ring (bicyclic) bond motifs is 1. The summed E-state index contributed by atoms with van der Waals surface area (Å²) in [5.74, 6) is 2.67. The van der Waals surface area contributed by atoms with Gasteiger partial charge in [-0.3, -0.25) is 0 Å². The molecule has 0 N–H and O–H groups in total. The fourth-order valence-electron chi connectivity index (χ4n) is 2.25. The summed E-state index contributed by atoms with van der Waals surface area (Å²) in [5, 5.41) is 7.15. The largest absolute Gasteiger partial charge is 0.439 e.